The molecule has 0 fully saturated rings. The molecule has 0 heterocycles. The molecule has 0 spiro atoms. The third-order valence-corrected chi connectivity index (χ3v) is 15.1. The van der Waals surface area contributed by atoms with Crippen LogP contribution in [0.25, 0.3) is 0 Å². The van der Waals surface area contributed by atoms with E-state index in [2.05, 4.69) is 153 Å². The van der Waals surface area contributed by atoms with Crippen molar-refractivity contribution >= 4 is 0 Å². The summed E-state index contributed by atoms with van der Waals surface area (Å²) in [7, 11) is 10.1. The molecule has 9 rings (SSSR count). The SMILES string of the molecule is CCC(COC(c1ccccc1)(c1ccc(OC)cc1)c1ccc(OC)cc1)(COC(c1ccccc1)(c1ccc(OC)cc1)c1ccc(OC)cc1)COC(c1ccccc1)(c1ccc(OC)cc1)c1ccc(OC)cc1. The first-order valence-corrected chi connectivity index (χ1v) is 26.2. The highest BCUT2D eigenvalue weighted by molar-refractivity contribution is 5.53. The van der Waals surface area contributed by atoms with Gasteiger partial charge in [-0.2, -0.15) is 0 Å². The summed E-state index contributed by atoms with van der Waals surface area (Å²) < 4.78 is 58.3. The fraction of sp³-hybridized carbons (Fsp3) is 0.217. The average Bonchev–Trinajstić information content (AvgIpc) is 3.63. The Kier molecular flexibility index (Phi) is 17.3. The van der Waals surface area contributed by atoms with Crippen LogP contribution in [0.4, 0.5) is 0 Å². The minimum atomic E-state index is -1.18. The second kappa shape index (κ2) is 24.8. The van der Waals surface area contributed by atoms with Gasteiger partial charge in [-0.05, 0) is 129 Å². The highest BCUT2D eigenvalue weighted by Gasteiger charge is 2.47. The van der Waals surface area contributed by atoms with Crippen molar-refractivity contribution in [2.75, 3.05) is 62.5 Å². The van der Waals surface area contributed by atoms with Crippen LogP contribution < -0.4 is 28.4 Å². The molecule has 0 aromatic heterocycles. The molecule has 0 N–H and O–H groups in total. The molecule has 0 saturated heterocycles. The Hall–Kier alpha value is -8.34. The third-order valence-electron chi connectivity index (χ3n) is 15.1. The first-order chi connectivity index (χ1) is 38.2. The predicted molar refractivity (Wildman–Crippen MR) is 308 cm³/mol. The van der Waals surface area contributed by atoms with Gasteiger partial charge >= 0.3 is 0 Å². The molecule has 9 nitrogen and oxygen atoms in total. The molecule has 78 heavy (non-hydrogen) atoms. The largest absolute Gasteiger partial charge is 0.497 e. The molecular weight excluding hydrogens is 973 g/mol. The molecule has 0 bridgehead atoms. The number of methoxy groups -OCH3 is 6. The van der Waals surface area contributed by atoms with Gasteiger partial charge in [0.25, 0.3) is 0 Å². The summed E-state index contributed by atoms with van der Waals surface area (Å²) in [6.45, 7) is 2.62. The predicted octanol–water partition coefficient (Wildman–Crippen LogP) is 14.5. The minimum absolute atomic E-state index is 0.142. The van der Waals surface area contributed by atoms with Gasteiger partial charge in [0.2, 0.25) is 0 Å². The van der Waals surface area contributed by atoms with E-state index in [4.69, 9.17) is 42.6 Å². The van der Waals surface area contributed by atoms with Crippen molar-refractivity contribution in [3.05, 3.63) is 287 Å². The minimum Gasteiger partial charge on any atom is -0.497 e. The number of rotatable bonds is 25. The van der Waals surface area contributed by atoms with E-state index in [1.165, 1.54) is 0 Å². The van der Waals surface area contributed by atoms with Crippen LogP contribution in [0.3, 0.4) is 0 Å². The topological polar surface area (TPSA) is 83.1 Å². The average molecular weight is 1040 g/mol. The maximum absolute atomic E-state index is 7.97. The van der Waals surface area contributed by atoms with E-state index in [9.17, 15) is 0 Å². The summed E-state index contributed by atoms with van der Waals surface area (Å²) in [5, 5.41) is 0. The summed E-state index contributed by atoms with van der Waals surface area (Å²) >= 11 is 0. The van der Waals surface area contributed by atoms with Gasteiger partial charge in [0.15, 0.2) is 0 Å². The maximum Gasteiger partial charge on any atom is 0.143 e. The summed E-state index contributed by atoms with van der Waals surface area (Å²) in [4.78, 5) is 0. The Bertz CT molecular complexity index is 2750. The molecule has 0 unspecified atom stereocenters. The van der Waals surface area contributed by atoms with Gasteiger partial charge < -0.3 is 42.6 Å². The van der Waals surface area contributed by atoms with Gasteiger partial charge in [-0.15, -0.1) is 0 Å². The molecule has 9 heteroatoms. The van der Waals surface area contributed by atoms with Crippen molar-refractivity contribution in [2.24, 2.45) is 5.41 Å². The fourth-order valence-electron chi connectivity index (χ4n) is 10.4. The normalized spacial score (nSPS) is 11.9. The molecule has 9 aromatic rings. The third kappa shape index (κ3) is 11.0. The summed E-state index contributed by atoms with van der Waals surface area (Å²) in [5.41, 5.74) is 3.74. The lowest BCUT2D eigenvalue weighted by molar-refractivity contribution is -0.142. The Morgan fingerprint density at radius 2 is 0.397 bits per heavy atom. The second-order valence-electron chi connectivity index (χ2n) is 19.2. The van der Waals surface area contributed by atoms with E-state index in [-0.39, 0.29) is 19.8 Å². The van der Waals surface area contributed by atoms with Crippen molar-refractivity contribution in [3.8, 4) is 34.5 Å². The van der Waals surface area contributed by atoms with Crippen molar-refractivity contribution in [3.63, 3.8) is 0 Å². The van der Waals surface area contributed by atoms with Gasteiger partial charge in [0, 0.05) is 5.41 Å². The van der Waals surface area contributed by atoms with Crippen molar-refractivity contribution in [1.82, 2.24) is 0 Å². The van der Waals surface area contributed by atoms with Crippen LogP contribution in [0.1, 0.15) is 63.4 Å². The summed E-state index contributed by atoms with van der Waals surface area (Å²) in [5.74, 6) is 4.35. The van der Waals surface area contributed by atoms with Crippen molar-refractivity contribution in [2.45, 2.75) is 30.1 Å². The Morgan fingerprint density at radius 1 is 0.231 bits per heavy atom. The van der Waals surface area contributed by atoms with E-state index in [0.29, 0.717) is 6.42 Å². The first kappa shape index (κ1) is 54.4. The molecule has 9 aromatic carbocycles. The molecule has 0 saturated carbocycles. The highest BCUT2D eigenvalue weighted by atomic mass is 16.5. The quantitative estimate of drug-likeness (QED) is 0.0520. The first-order valence-electron chi connectivity index (χ1n) is 26.2. The van der Waals surface area contributed by atoms with E-state index in [1.807, 2.05) is 91.0 Å². The standard InChI is InChI=1S/C69H68O9/c1-8-66(48-76-67(51-18-12-9-13-19-51,54-24-36-60(70-2)37-25-54)55-26-38-61(71-3)39-27-55,49-77-68(52-20-14-10-15-21-52,56-28-40-62(72-4)41-29-56)57-30-42-63(73-5)43-31-57)50-78-69(53-22-16-11-17-23-53,58-32-44-64(74-6)45-33-58)59-34-46-65(75-7)47-35-59/h9-47H,8,48-50H2,1-7H3. The maximum atomic E-state index is 7.97. The van der Waals surface area contributed by atoms with Crippen LogP contribution in [0.15, 0.2) is 237 Å². The van der Waals surface area contributed by atoms with E-state index >= 15 is 0 Å². The number of benzene rings is 9. The van der Waals surface area contributed by atoms with Crippen LogP contribution in [0, 0.1) is 5.41 Å². The number of ether oxygens (including phenoxy) is 9. The van der Waals surface area contributed by atoms with Crippen molar-refractivity contribution in [1.29, 1.82) is 0 Å². The van der Waals surface area contributed by atoms with Gasteiger partial charge in [-0.1, -0.05) is 171 Å². The molecule has 0 aliphatic rings. The zero-order valence-electron chi connectivity index (χ0n) is 45.5. The Morgan fingerprint density at radius 3 is 0.551 bits per heavy atom. The molecular formula is C69H68O9. The summed E-state index contributed by atoms with van der Waals surface area (Å²) in [6.07, 6.45) is 0.551. The molecule has 0 atom stereocenters. The second-order valence-corrected chi connectivity index (χ2v) is 19.2. The molecule has 0 radical (unpaired) electrons. The van der Waals surface area contributed by atoms with E-state index in [1.54, 1.807) is 42.7 Å². The van der Waals surface area contributed by atoms with Gasteiger partial charge in [-0.3, -0.25) is 0 Å². The molecule has 0 aliphatic carbocycles. The Labute approximate surface area is 459 Å². The monoisotopic (exact) mass is 1040 g/mol. The van der Waals surface area contributed by atoms with E-state index < -0.39 is 22.2 Å². The number of hydrogen-bond donors (Lipinski definition) is 0. The lowest BCUT2D eigenvalue weighted by Gasteiger charge is -2.45. The number of hydrogen-bond acceptors (Lipinski definition) is 9. The van der Waals surface area contributed by atoms with Crippen LogP contribution in [0.2, 0.25) is 0 Å². The molecule has 398 valence electrons. The highest BCUT2D eigenvalue weighted by Crippen LogP contribution is 2.49. The molecule has 0 amide bonds. The van der Waals surface area contributed by atoms with E-state index in [0.717, 1.165) is 84.6 Å². The lowest BCUT2D eigenvalue weighted by atomic mass is 9.77. The van der Waals surface area contributed by atoms with Crippen LogP contribution in [0.5, 0.6) is 34.5 Å². The smallest absolute Gasteiger partial charge is 0.143 e. The van der Waals surface area contributed by atoms with Gasteiger partial charge in [-0.25, -0.2) is 0 Å². The van der Waals surface area contributed by atoms with Gasteiger partial charge in [0.1, 0.15) is 51.3 Å². The zero-order chi connectivity index (χ0) is 54.4. The van der Waals surface area contributed by atoms with Crippen molar-refractivity contribution < 1.29 is 42.6 Å². The summed E-state index contributed by atoms with van der Waals surface area (Å²) in [6, 6.07) is 79.9. The molecule has 0 aliphatic heterocycles. The van der Waals surface area contributed by atoms with Crippen LogP contribution in [-0.2, 0) is 31.0 Å². The lowest BCUT2D eigenvalue weighted by Crippen LogP contribution is -2.47. The Balaban J connectivity index is 1.29. The zero-order valence-corrected chi connectivity index (χ0v) is 45.5. The van der Waals surface area contributed by atoms with Crippen LogP contribution in [-0.4, -0.2) is 62.5 Å². The van der Waals surface area contributed by atoms with Crippen LogP contribution >= 0.6 is 0 Å². The van der Waals surface area contributed by atoms with Gasteiger partial charge in [0.05, 0.1) is 62.5 Å². The fourth-order valence-corrected chi connectivity index (χ4v) is 10.4.